The molecule has 0 spiro atoms. The summed E-state index contributed by atoms with van der Waals surface area (Å²) in [6, 6.07) is 12.5. The molecular formula is C16H12ClN3O2. The lowest BCUT2D eigenvalue weighted by Gasteiger charge is -2.04. The summed E-state index contributed by atoms with van der Waals surface area (Å²) in [5, 5.41) is 0.933. The molecule has 0 aliphatic heterocycles. The summed E-state index contributed by atoms with van der Waals surface area (Å²) in [4.78, 5) is 26.1. The maximum absolute atomic E-state index is 11.7. The summed E-state index contributed by atoms with van der Waals surface area (Å²) >= 11 is 6.12. The highest BCUT2D eigenvalue weighted by molar-refractivity contribution is 6.35. The van der Waals surface area contributed by atoms with E-state index < -0.39 is 11.8 Å². The second-order valence-electron chi connectivity index (χ2n) is 4.85. The Kier molecular flexibility index (Phi) is 3.35. The second kappa shape index (κ2) is 5.20. The summed E-state index contributed by atoms with van der Waals surface area (Å²) in [7, 11) is 0. The number of hydrogen-bond donors (Lipinski definition) is 3. The number of nitrogens with one attached hydrogen (secondary N) is 1. The van der Waals surface area contributed by atoms with E-state index in [0.29, 0.717) is 16.5 Å². The molecule has 0 saturated carbocycles. The number of H-pyrrole nitrogens is 1. The van der Waals surface area contributed by atoms with Gasteiger partial charge in [0.25, 0.3) is 5.91 Å². The average molecular weight is 314 g/mol. The largest absolute Gasteiger partial charge is 0.366 e. The van der Waals surface area contributed by atoms with Crippen molar-refractivity contribution in [3.8, 4) is 11.1 Å². The van der Waals surface area contributed by atoms with Crippen LogP contribution in [0.2, 0.25) is 5.02 Å². The third-order valence-corrected chi connectivity index (χ3v) is 3.77. The minimum absolute atomic E-state index is 0.186. The molecule has 6 heteroatoms. The van der Waals surface area contributed by atoms with Crippen molar-refractivity contribution in [3.63, 3.8) is 0 Å². The molecule has 5 N–H and O–H groups in total. The number of aromatic nitrogens is 1. The SMILES string of the molecule is NC(=O)c1cc2[nH]c(C(N)=O)c(-c3ccccc3)c2cc1Cl. The van der Waals surface area contributed by atoms with Crippen LogP contribution >= 0.6 is 11.6 Å². The molecule has 0 unspecified atom stereocenters. The number of hydrogen-bond acceptors (Lipinski definition) is 2. The molecule has 1 aromatic heterocycles. The minimum atomic E-state index is -0.636. The summed E-state index contributed by atoms with van der Waals surface area (Å²) in [6.45, 7) is 0. The molecule has 0 radical (unpaired) electrons. The van der Waals surface area contributed by atoms with Crippen molar-refractivity contribution in [1.82, 2.24) is 4.98 Å². The zero-order valence-corrected chi connectivity index (χ0v) is 12.1. The van der Waals surface area contributed by atoms with Crippen LogP contribution in [0.5, 0.6) is 0 Å². The van der Waals surface area contributed by atoms with Gasteiger partial charge in [0.15, 0.2) is 0 Å². The molecule has 22 heavy (non-hydrogen) atoms. The number of nitrogens with two attached hydrogens (primary N) is 2. The zero-order chi connectivity index (χ0) is 15.9. The Bertz CT molecular complexity index is 901. The van der Waals surface area contributed by atoms with Gasteiger partial charge in [-0.05, 0) is 17.7 Å². The first kappa shape index (κ1) is 14.2. The van der Waals surface area contributed by atoms with E-state index in [1.54, 1.807) is 6.07 Å². The van der Waals surface area contributed by atoms with Crippen LogP contribution in [-0.2, 0) is 0 Å². The quantitative estimate of drug-likeness (QED) is 0.692. The molecule has 0 saturated heterocycles. The van der Waals surface area contributed by atoms with E-state index in [9.17, 15) is 9.59 Å². The lowest BCUT2D eigenvalue weighted by atomic mass is 10.0. The minimum Gasteiger partial charge on any atom is -0.366 e. The van der Waals surface area contributed by atoms with Crippen LogP contribution in [0.4, 0.5) is 0 Å². The fraction of sp³-hybridized carbons (Fsp3) is 0. The lowest BCUT2D eigenvalue weighted by molar-refractivity contribution is 0.0990. The molecule has 2 amide bonds. The number of carbonyl (C=O) groups is 2. The number of fused-ring (bicyclic) bond motifs is 1. The number of primary amides is 2. The first-order valence-electron chi connectivity index (χ1n) is 6.49. The summed E-state index contributed by atoms with van der Waals surface area (Å²) in [5.74, 6) is -1.23. The summed E-state index contributed by atoms with van der Waals surface area (Å²) < 4.78 is 0. The highest BCUT2D eigenvalue weighted by Crippen LogP contribution is 2.35. The first-order valence-corrected chi connectivity index (χ1v) is 6.87. The number of aromatic amines is 1. The third-order valence-electron chi connectivity index (χ3n) is 3.46. The van der Waals surface area contributed by atoms with Crippen molar-refractivity contribution in [3.05, 3.63) is 58.7 Å². The van der Waals surface area contributed by atoms with Gasteiger partial charge in [0.05, 0.1) is 10.6 Å². The smallest absolute Gasteiger partial charge is 0.265 e. The predicted molar refractivity (Wildman–Crippen MR) is 85.8 cm³/mol. The fourth-order valence-electron chi connectivity index (χ4n) is 2.49. The molecule has 0 bridgehead atoms. The van der Waals surface area contributed by atoms with Gasteiger partial charge in [0.2, 0.25) is 5.91 Å². The second-order valence-corrected chi connectivity index (χ2v) is 5.25. The first-order chi connectivity index (χ1) is 10.5. The van der Waals surface area contributed by atoms with E-state index in [-0.39, 0.29) is 16.3 Å². The van der Waals surface area contributed by atoms with Gasteiger partial charge in [-0.3, -0.25) is 9.59 Å². The number of amides is 2. The monoisotopic (exact) mass is 313 g/mol. The van der Waals surface area contributed by atoms with Crippen molar-refractivity contribution < 1.29 is 9.59 Å². The maximum Gasteiger partial charge on any atom is 0.265 e. The van der Waals surface area contributed by atoms with Crippen LogP contribution in [0.25, 0.3) is 22.0 Å². The normalized spacial score (nSPS) is 10.8. The van der Waals surface area contributed by atoms with Crippen LogP contribution in [0.1, 0.15) is 20.8 Å². The Morgan fingerprint density at radius 3 is 2.27 bits per heavy atom. The molecule has 3 rings (SSSR count). The van der Waals surface area contributed by atoms with Crippen LogP contribution < -0.4 is 11.5 Å². The van der Waals surface area contributed by atoms with Gasteiger partial charge in [-0.1, -0.05) is 41.9 Å². The summed E-state index contributed by atoms with van der Waals surface area (Å²) in [5.41, 5.74) is 13.3. The Labute approximate surface area is 130 Å². The summed E-state index contributed by atoms with van der Waals surface area (Å²) in [6.07, 6.45) is 0. The molecule has 3 aromatic rings. The van der Waals surface area contributed by atoms with Gasteiger partial charge in [-0.2, -0.15) is 0 Å². The van der Waals surface area contributed by atoms with Crippen LogP contribution in [0.3, 0.4) is 0 Å². The van der Waals surface area contributed by atoms with Crippen molar-refractivity contribution in [1.29, 1.82) is 0 Å². The van der Waals surface area contributed by atoms with Gasteiger partial charge in [0.1, 0.15) is 5.69 Å². The lowest BCUT2D eigenvalue weighted by Crippen LogP contribution is -2.12. The van der Waals surface area contributed by atoms with E-state index in [1.807, 2.05) is 30.3 Å². The third kappa shape index (κ3) is 2.21. The Morgan fingerprint density at radius 1 is 1.00 bits per heavy atom. The van der Waals surface area contributed by atoms with Crippen LogP contribution in [0.15, 0.2) is 42.5 Å². The predicted octanol–water partition coefficient (Wildman–Crippen LogP) is 2.69. The molecule has 0 fully saturated rings. The Hall–Kier alpha value is -2.79. The molecule has 2 aromatic carbocycles. The van der Waals surface area contributed by atoms with Gasteiger partial charge in [-0.15, -0.1) is 0 Å². The topological polar surface area (TPSA) is 102 Å². The van der Waals surface area contributed by atoms with Crippen LogP contribution in [-0.4, -0.2) is 16.8 Å². The van der Waals surface area contributed by atoms with Crippen molar-refractivity contribution >= 4 is 34.3 Å². The van der Waals surface area contributed by atoms with Gasteiger partial charge in [-0.25, -0.2) is 0 Å². The molecule has 0 atom stereocenters. The number of rotatable bonds is 3. The molecule has 0 aliphatic rings. The Morgan fingerprint density at radius 2 is 1.68 bits per heavy atom. The van der Waals surface area contributed by atoms with E-state index >= 15 is 0 Å². The molecule has 5 nitrogen and oxygen atoms in total. The van der Waals surface area contributed by atoms with E-state index in [2.05, 4.69) is 4.98 Å². The number of benzene rings is 2. The van der Waals surface area contributed by atoms with E-state index in [0.717, 1.165) is 5.56 Å². The molecule has 0 aliphatic carbocycles. The van der Waals surface area contributed by atoms with Gasteiger partial charge < -0.3 is 16.5 Å². The average Bonchev–Trinajstić information content (AvgIpc) is 2.85. The van der Waals surface area contributed by atoms with E-state index in [1.165, 1.54) is 6.07 Å². The van der Waals surface area contributed by atoms with Crippen molar-refractivity contribution in [2.24, 2.45) is 11.5 Å². The van der Waals surface area contributed by atoms with Crippen molar-refractivity contribution in [2.75, 3.05) is 0 Å². The number of halogens is 1. The van der Waals surface area contributed by atoms with Crippen LogP contribution in [0, 0.1) is 0 Å². The van der Waals surface area contributed by atoms with E-state index in [4.69, 9.17) is 23.1 Å². The molecule has 1 heterocycles. The van der Waals surface area contributed by atoms with Gasteiger partial charge in [0, 0.05) is 16.5 Å². The zero-order valence-electron chi connectivity index (χ0n) is 11.4. The number of carbonyl (C=O) groups excluding carboxylic acids is 2. The van der Waals surface area contributed by atoms with Crippen molar-refractivity contribution in [2.45, 2.75) is 0 Å². The highest BCUT2D eigenvalue weighted by Gasteiger charge is 2.19. The standard InChI is InChI=1S/C16H12ClN3O2/c17-11-6-10-12(7-9(11)15(18)21)20-14(16(19)22)13(10)8-4-2-1-3-5-8/h1-7,20H,(H2,18,21)(H2,19,22). The fourth-order valence-corrected chi connectivity index (χ4v) is 2.75. The highest BCUT2D eigenvalue weighted by atomic mass is 35.5. The molecular weight excluding hydrogens is 302 g/mol. The van der Waals surface area contributed by atoms with Gasteiger partial charge >= 0.3 is 0 Å². The molecule has 110 valence electrons. The maximum atomic E-state index is 11.7. The Balaban J connectivity index is 2.39.